The lowest BCUT2D eigenvalue weighted by atomic mass is 9.51. The molecule has 0 saturated carbocycles. The Morgan fingerprint density at radius 2 is 1.50 bits per heavy atom. The van der Waals surface area contributed by atoms with Gasteiger partial charge in [-0.25, -0.2) is 0 Å². The van der Waals surface area contributed by atoms with Crippen molar-refractivity contribution in [1.82, 2.24) is 0 Å². The average Bonchev–Trinajstić information content (AvgIpc) is 2.62. The van der Waals surface area contributed by atoms with Gasteiger partial charge in [-0.15, -0.1) is 0 Å². The van der Waals surface area contributed by atoms with E-state index in [9.17, 15) is 4.79 Å². The van der Waals surface area contributed by atoms with Crippen molar-refractivity contribution in [2.24, 2.45) is 22.3 Å². The highest BCUT2D eigenvalue weighted by Crippen LogP contribution is 2.55. The number of carbonyl (C=O) groups is 1. The van der Waals surface area contributed by atoms with Crippen LogP contribution in [-0.4, -0.2) is 11.4 Å². The first-order chi connectivity index (χ1) is 11.3. The highest BCUT2D eigenvalue weighted by Gasteiger charge is 2.57. The van der Waals surface area contributed by atoms with E-state index in [0.29, 0.717) is 6.42 Å². The van der Waals surface area contributed by atoms with Crippen molar-refractivity contribution in [1.29, 1.82) is 0 Å². The van der Waals surface area contributed by atoms with Gasteiger partial charge in [-0.1, -0.05) is 64.1 Å². The first kappa shape index (κ1) is 18.9. The number of carbonyl (C=O) groups excluding carboxylic acids is 1. The van der Waals surface area contributed by atoms with Crippen LogP contribution in [0.2, 0.25) is 0 Å². The molecule has 0 atom stereocenters. The van der Waals surface area contributed by atoms with E-state index in [4.69, 9.17) is 11.5 Å². The predicted molar refractivity (Wildman–Crippen MR) is 101 cm³/mol. The molecule has 0 amide bonds. The molecule has 1 aromatic carbocycles. The van der Waals surface area contributed by atoms with Crippen LogP contribution in [-0.2, 0) is 0 Å². The van der Waals surface area contributed by atoms with Crippen LogP contribution in [0.15, 0.2) is 42.0 Å². The fourth-order valence-corrected chi connectivity index (χ4v) is 4.59. The fraction of sp³-hybridized carbons (Fsp3) is 0.571. The third kappa shape index (κ3) is 2.64. The molecule has 0 radical (unpaired) electrons. The van der Waals surface area contributed by atoms with E-state index in [1.807, 2.05) is 30.3 Å². The summed E-state index contributed by atoms with van der Waals surface area (Å²) in [6, 6.07) is 9.52. The third-order valence-corrected chi connectivity index (χ3v) is 6.62. The van der Waals surface area contributed by atoms with Gasteiger partial charge in [0.05, 0.1) is 5.66 Å². The summed E-state index contributed by atoms with van der Waals surface area (Å²) in [6.45, 7) is 8.54. The lowest BCUT2D eigenvalue weighted by molar-refractivity contribution is -0.00579. The number of rotatable bonds is 6. The van der Waals surface area contributed by atoms with Gasteiger partial charge in [-0.3, -0.25) is 4.79 Å². The van der Waals surface area contributed by atoms with Crippen molar-refractivity contribution in [3.8, 4) is 0 Å². The summed E-state index contributed by atoms with van der Waals surface area (Å²) in [5.74, 6) is 0.114. The van der Waals surface area contributed by atoms with E-state index in [1.54, 1.807) is 0 Å². The number of Topliss-reactive ketones (excluding diaryl/α,β-unsaturated/α-hetero) is 1. The van der Waals surface area contributed by atoms with Crippen LogP contribution < -0.4 is 11.5 Å². The number of ketones is 1. The topological polar surface area (TPSA) is 69.1 Å². The highest BCUT2D eigenvalue weighted by molar-refractivity contribution is 6.09. The van der Waals surface area contributed by atoms with E-state index < -0.39 is 5.66 Å². The summed E-state index contributed by atoms with van der Waals surface area (Å²) < 4.78 is 0. The van der Waals surface area contributed by atoms with Crippen LogP contribution in [0.5, 0.6) is 0 Å². The van der Waals surface area contributed by atoms with Gasteiger partial charge in [-0.2, -0.15) is 0 Å². The van der Waals surface area contributed by atoms with E-state index in [1.165, 1.54) is 0 Å². The molecular formula is C21H32N2O. The van der Waals surface area contributed by atoms with E-state index in [2.05, 4.69) is 33.8 Å². The quantitative estimate of drug-likeness (QED) is 0.599. The van der Waals surface area contributed by atoms with Crippen LogP contribution >= 0.6 is 0 Å². The molecule has 0 aromatic heterocycles. The number of nitrogens with two attached hydrogens (primary N) is 2. The van der Waals surface area contributed by atoms with Crippen molar-refractivity contribution in [2.75, 3.05) is 0 Å². The third-order valence-electron chi connectivity index (χ3n) is 6.62. The SMILES string of the molecule is CCC1(CC)C=C(C(=O)c2ccccc2)CC(CC)(CC)C1(N)N. The van der Waals surface area contributed by atoms with Crippen LogP contribution in [0.1, 0.15) is 70.2 Å². The Morgan fingerprint density at radius 1 is 0.958 bits per heavy atom. The second kappa shape index (κ2) is 6.81. The summed E-state index contributed by atoms with van der Waals surface area (Å²) in [4.78, 5) is 13.1. The van der Waals surface area contributed by atoms with Gasteiger partial charge in [0.1, 0.15) is 0 Å². The largest absolute Gasteiger partial charge is 0.312 e. The number of benzene rings is 1. The second-order valence-electron chi connectivity index (χ2n) is 7.26. The first-order valence-corrected chi connectivity index (χ1v) is 9.22. The predicted octanol–water partition coefficient (Wildman–Crippen LogP) is 4.43. The minimum atomic E-state index is -0.812. The highest BCUT2D eigenvalue weighted by atomic mass is 16.1. The van der Waals surface area contributed by atoms with Gasteiger partial charge in [-0.05, 0) is 37.7 Å². The normalized spacial score (nSPS) is 21.2. The molecule has 0 heterocycles. The number of hydrogen-bond donors (Lipinski definition) is 2. The summed E-state index contributed by atoms with van der Waals surface area (Å²) >= 11 is 0. The molecule has 0 saturated heterocycles. The Morgan fingerprint density at radius 3 is 1.96 bits per heavy atom. The average molecular weight is 329 g/mol. The van der Waals surface area contributed by atoms with Crippen LogP contribution in [0, 0.1) is 10.8 Å². The van der Waals surface area contributed by atoms with Crippen molar-refractivity contribution < 1.29 is 4.79 Å². The van der Waals surface area contributed by atoms with Gasteiger partial charge in [0.25, 0.3) is 0 Å². The van der Waals surface area contributed by atoms with Gasteiger partial charge in [0.15, 0.2) is 5.78 Å². The lowest BCUT2D eigenvalue weighted by Crippen LogP contribution is -2.72. The molecule has 1 aliphatic carbocycles. The van der Waals surface area contributed by atoms with Gasteiger partial charge in [0.2, 0.25) is 0 Å². The standard InChI is InChI=1S/C21H32N2O/c1-5-19(6-2)14-17(18(24)16-12-10-9-11-13-16)15-20(7-3,8-4)21(19,22)23/h9-14H,5-8,15,22-23H2,1-4H3. The van der Waals surface area contributed by atoms with Gasteiger partial charge < -0.3 is 11.5 Å². The zero-order chi connectivity index (χ0) is 18.0. The Bertz CT molecular complexity index is 608. The van der Waals surface area contributed by atoms with Crippen LogP contribution in [0.3, 0.4) is 0 Å². The molecule has 0 fully saturated rings. The van der Waals surface area contributed by atoms with Crippen LogP contribution in [0.4, 0.5) is 0 Å². The van der Waals surface area contributed by atoms with E-state index in [-0.39, 0.29) is 16.6 Å². The molecule has 2 rings (SSSR count). The molecule has 0 bridgehead atoms. The van der Waals surface area contributed by atoms with E-state index in [0.717, 1.165) is 36.8 Å². The molecule has 24 heavy (non-hydrogen) atoms. The minimum absolute atomic E-state index is 0.114. The number of hydrogen-bond acceptors (Lipinski definition) is 3. The van der Waals surface area contributed by atoms with E-state index >= 15 is 0 Å². The van der Waals surface area contributed by atoms with Crippen LogP contribution in [0.25, 0.3) is 0 Å². The summed E-state index contributed by atoms with van der Waals surface area (Å²) in [7, 11) is 0. The minimum Gasteiger partial charge on any atom is -0.312 e. The molecule has 3 nitrogen and oxygen atoms in total. The summed E-state index contributed by atoms with van der Waals surface area (Å²) in [6.07, 6.45) is 6.18. The Labute approximate surface area is 146 Å². The molecule has 1 aromatic rings. The molecule has 132 valence electrons. The van der Waals surface area contributed by atoms with Crippen molar-refractivity contribution in [2.45, 2.75) is 65.5 Å². The molecule has 1 aliphatic rings. The zero-order valence-corrected chi connectivity index (χ0v) is 15.6. The molecule has 0 aliphatic heterocycles. The molecule has 0 spiro atoms. The summed E-state index contributed by atoms with van der Waals surface area (Å²) in [5, 5.41) is 0. The monoisotopic (exact) mass is 328 g/mol. The van der Waals surface area contributed by atoms with Gasteiger partial charge in [0, 0.05) is 16.4 Å². The van der Waals surface area contributed by atoms with Gasteiger partial charge >= 0.3 is 0 Å². The maximum atomic E-state index is 13.1. The molecular weight excluding hydrogens is 296 g/mol. The molecule has 3 heteroatoms. The molecule has 4 N–H and O–H groups in total. The molecule has 0 unspecified atom stereocenters. The first-order valence-electron chi connectivity index (χ1n) is 9.22. The fourth-order valence-electron chi connectivity index (χ4n) is 4.59. The Balaban J connectivity index is 2.61. The van der Waals surface area contributed by atoms with Crippen molar-refractivity contribution >= 4 is 5.78 Å². The maximum absolute atomic E-state index is 13.1. The van der Waals surface area contributed by atoms with Crippen molar-refractivity contribution in [3.63, 3.8) is 0 Å². The Hall–Kier alpha value is -1.45. The number of allylic oxidation sites excluding steroid dienone is 1. The summed E-state index contributed by atoms with van der Waals surface area (Å²) in [5.41, 5.74) is 13.8. The zero-order valence-electron chi connectivity index (χ0n) is 15.6. The smallest absolute Gasteiger partial charge is 0.188 e. The Kier molecular flexibility index (Phi) is 5.36. The second-order valence-corrected chi connectivity index (χ2v) is 7.26. The van der Waals surface area contributed by atoms with Crippen molar-refractivity contribution in [3.05, 3.63) is 47.5 Å². The lowest BCUT2D eigenvalue weighted by Gasteiger charge is -2.58. The maximum Gasteiger partial charge on any atom is 0.188 e.